The van der Waals surface area contributed by atoms with Gasteiger partial charge < -0.3 is 13.9 Å². The molecule has 0 saturated carbocycles. The Morgan fingerprint density at radius 2 is 1.82 bits per heavy atom. The maximum atomic E-state index is 13.7. The van der Waals surface area contributed by atoms with Gasteiger partial charge in [-0.1, -0.05) is 39.7 Å². The fraction of sp³-hybridized carbons (Fsp3) is 0.120. The lowest BCUT2D eigenvalue weighted by molar-refractivity contribution is 0.0971. The molecule has 4 aromatic rings. The monoisotopic (exact) mass is 525 g/mol. The number of ether oxygens (including phenoxy) is 2. The zero-order valence-corrected chi connectivity index (χ0v) is 19.9. The van der Waals surface area contributed by atoms with Crippen molar-refractivity contribution in [1.82, 2.24) is 0 Å². The van der Waals surface area contributed by atoms with Crippen LogP contribution in [0.4, 0.5) is 5.69 Å². The average Bonchev–Trinajstić information content (AvgIpc) is 3.12. The number of carbonyl (C=O) groups excluding carboxylic acids is 1. The first kappa shape index (κ1) is 21.6. The second kappa shape index (κ2) is 8.24. The van der Waals surface area contributed by atoms with Crippen LogP contribution >= 0.6 is 27.5 Å². The lowest BCUT2D eigenvalue weighted by Gasteiger charge is -2.26. The molecule has 1 aliphatic rings. The van der Waals surface area contributed by atoms with Crippen molar-refractivity contribution in [3.05, 3.63) is 97.3 Å². The summed E-state index contributed by atoms with van der Waals surface area (Å²) in [7, 11) is 3.08. The van der Waals surface area contributed by atoms with Crippen molar-refractivity contribution in [1.29, 1.82) is 0 Å². The smallest absolute Gasteiger partial charge is 0.295 e. The van der Waals surface area contributed by atoms with E-state index in [1.54, 1.807) is 55.6 Å². The standard InChI is InChI=1S/C25H17BrClNO5/c1-31-16-5-3-4-13(10-16)22-21-23(29)17-11-14(26)6-8-19(17)33-24(21)25(30)28(22)15-7-9-20(32-2)18(27)12-15/h3-12,22H,1-2H3. The third-order valence-electron chi connectivity index (χ3n) is 5.66. The Morgan fingerprint density at radius 3 is 2.55 bits per heavy atom. The highest BCUT2D eigenvalue weighted by Crippen LogP contribution is 2.43. The fourth-order valence-electron chi connectivity index (χ4n) is 4.14. The molecule has 166 valence electrons. The molecule has 1 aromatic heterocycles. The zero-order chi connectivity index (χ0) is 23.3. The number of hydrogen-bond donors (Lipinski definition) is 0. The predicted octanol–water partition coefficient (Wildman–Crippen LogP) is 5.98. The van der Waals surface area contributed by atoms with Gasteiger partial charge in [0.25, 0.3) is 5.91 Å². The Kier molecular flexibility index (Phi) is 5.38. The number of nitrogens with zero attached hydrogens (tertiary/aromatic N) is 1. The first-order valence-electron chi connectivity index (χ1n) is 10.00. The van der Waals surface area contributed by atoms with Crippen LogP contribution < -0.4 is 19.8 Å². The molecule has 0 fully saturated rings. The Bertz CT molecular complexity index is 1480. The molecule has 0 aliphatic carbocycles. The van der Waals surface area contributed by atoms with Crippen LogP contribution in [-0.2, 0) is 0 Å². The van der Waals surface area contributed by atoms with Crippen LogP contribution in [0, 0.1) is 0 Å². The van der Waals surface area contributed by atoms with Crippen LogP contribution in [0.25, 0.3) is 11.0 Å². The molecule has 6 nitrogen and oxygen atoms in total. The molecule has 0 saturated heterocycles. The average molecular weight is 527 g/mol. The van der Waals surface area contributed by atoms with Gasteiger partial charge in [-0.15, -0.1) is 0 Å². The Labute approximate surface area is 202 Å². The number of halogens is 2. The normalized spacial score (nSPS) is 15.1. The van der Waals surface area contributed by atoms with Crippen molar-refractivity contribution in [3.63, 3.8) is 0 Å². The summed E-state index contributed by atoms with van der Waals surface area (Å²) < 4.78 is 17.4. The lowest BCUT2D eigenvalue weighted by Crippen LogP contribution is -2.29. The summed E-state index contributed by atoms with van der Waals surface area (Å²) >= 11 is 9.78. The molecule has 5 rings (SSSR count). The van der Waals surface area contributed by atoms with Crippen molar-refractivity contribution in [2.24, 2.45) is 0 Å². The van der Waals surface area contributed by atoms with Gasteiger partial charge in [-0.2, -0.15) is 0 Å². The van der Waals surface area contributed by atoms with Gasteiger partial charge in [0, 0.05) is 10.2 Å². The summed E-state index contributed by atoms with van der Waals surface area (Å²) in [5.41, 5.74) is 1.56. The number of amides is 1. The lowest BCUT2D eigenvalue weighted by atomic mass is 9.98. The Hall–Kier alpha value is -3.29. The van der Waals surface area contributed by atoms with E-state index in [0.717, 1.165) is 4.47 Å². The van der Waals surface area contributed by atoms with E-state index in [1.807, 2.05) is 12.1 Å². The van der Waals surface area contributed by atoms with Crippen LogP contribution in [0.15, 0.2) is 74.3 Å². The van der Waals surface area contributed by atoms with Crippen LogP contribution in [-0.4, -0.2) is 20.1 Å². The van der Waals surface area contributed by atoms with Gasteiger partial charge in [0.1, 0.15) is 17.1 Å². The van der Waals surface area contributed by atoms with E-state index in [-0.39, 0.29) is 16.8 Å². The van der Waals surface area contributed by atoms with Crippen LogP contribution in [0.5, 0.6) is 11.5 Å². The molecule has 0 N–H and O–H groups in total. The minimum Gasteiger partial charge on any atom is -0.497 e. The summed E-state index contributed by atoms with van der Waals surface area (Å²) in [4.78, 5) is 28.8. The van der Waals surface area contributed by atoms with Gasteiger partial charge in [0.05, 0.1) is 36.2 Å². The van der Waals surface area contributed by atoms with E-state index in [4.69, 9.17) is 25.5 Å². The van der Waals surface area contributed by atoms with E-state index in [0.29, 0.717) is 38.7 Å². The number of fused-ring (bicyclic) bond motifs is 2. The molecule has 8 heteroatoms. The van der Waals surface area contributed by atoms with Crippen molar-refractivity contribution in [2.75, 3.05) is 19.1 Å². The molecule has 2 heterocycles. The minimum atomic E-state index is -0.730. The maximum absolute atomic E-state index is 13.7. The first-order valence-corrected chi connectivity index (χ1v) is 11.2. The van der Waals surface area contributed by atoms with Gasteiger partial charge >= 0.3 is 0 Å². The number of carbonyl (C=O) groups is 1. The van der Waals surface area contributed by atoms with Crippen molar-refractivity contribution in [3.8, 4) is 11.5 Å². The zero-order valence-electron chi connectivity index (χ0n) is 17.6. The highest BCUT2D eigenvalue weighted by atomic mass is 79.9. The van der Waals surface area contributed by atoms with Gasteiger partial charge in [0.15, 0.2) is 5.43 Å². The summed E-state index contributed by atoms with van der Waals surface area (Å²) in [6, 6.07) is 16.7. The molecule has 0 radical (unpaired) electrons. The van der Waals surface area contributed by atoms with Crippen molar-refractivity contribution in [2.45, 2.75) is 6.04 Å². The fourth-order valence-corrected chi connectivity index (χ4v) is 4.76. The third kappa shape index (κ3) is 3.48. The Balaban J connectivity index is 1.80. The highest BCUT2D eigenvalue weighted by molar-refractivity contribution is 9.10. The SMILES string of the molecule is COc1cccc(C2c3c(oc4ccc(Br)cc4c3=O)C(=O)N2c2ccc(OC)c(Cl)c2)c1. The summed E-state index contributed by atoms with van der Waals surface area (Å²) in [6.45, 7) is 0. The molecule has 1 aliphatic heterocycles. The second-order valence-corrected chi connectivity index (χ2v) is 8.81. The van der Waals surface area contributed by atoms with Gasteiger partial charge in [-0.3, -0.25) is 14.5 Å². The predicted molar refractivity (Wildman–Crippen MR) is 130 cm³/mol. The molecular formula is C25H17BrClNO5. The van der Waals surface area contributed by atoms with E-state index >= 15 is 0 Å². The number of anilines is 1. The molecular weight excluding hydrogens is 510 g/mol. The Morgan fingerprint density at radius 1 is 1.00 bits per heavy atom. The molecule has 1 unspecified atom stereocenters. The van der Waals surface area contributed by atoms with E-state index in [9.17, 15) is 9.59 Å². The van der Waals surface area contributed by atoms with Crippen molar-refractivity contribution < 1.29 is 18.7 Å². The van der Waals surface area contributed by atoms with E-state index in [1.165, 1.54) is 12.0 Å². The quantitative estimate of drug-likeness (QED) is 0.327. The molecule has 1 atom stereocenters. The maximum Gasteiger partial charge on any atom is 0.295 e. The largest absolute Gasteiger partial charge is 0.497 e. The first-order chi connectivity index (χ1) is 15.9. The van der Waals surface area contributed by atoms with Crippen molar-refractivity contribution >= 4 is 50.1 Å². The summed E-state index contributed by atoms with van der Waals surface area (Å²) in [6.07, 6.45) is 0. The number of benzene rings is 3. The van der Waals surface area contributed by atoms with Gasteiger partial charge in [-0.05, 0) is 54.1 Å². The molecule has 33 heavy (non-hydrogen) atoms. The second-order valence-electron chi connectivity index (χ2n) is 7.49. The third-order valence-corrected chi connectivity index (χ3v) is 6.44. The summed E-state index contributed by atoms with van der Waals surface area (Å²) in [5.74, 6) is 0.664. The van der Waals surface area contributed by atoms with Gasteiger partial charge in [0.2, 0.25) is 5.76 Å². The van der Waals surface area contributed by atoms with Crippen LogP contribution in [0.3, 0.4) is 0 Å². The van der Waals surface area contributed by atoms with Crippen LogP contribution in [0.2, 0.25) is 5.02 Å². The van der Waals surface area contributed by atoms with Crippen LogP contribution in [0.1, 0.15) is 27.7 Å². The number of rotatable bonds is 4. The molecule has 3 aromatic carbocycles. The molecule has 0 spiro atoms. The molecule has 0 bridgehead atoms. The topological polar surface area (TPSA) is 69.0 Å². The van der Waals surface area contributed by atoms with E-state index < -0.39 is 11.9 Å². The highest BCUT2D eigenvalue weighted by Gasteiger charge is 2.44. The van der Waals surface area contributed by atoms with E-state index in [2.05, 4.69) is 15.9 Å². The number of methoxy groups -OCH3 is 2. The molecule has 1 amide bonds. The summed E-state index contributed by atoms with van der Waals surface area (Å²) in [5, 5.41) is 0.731. The number of hydrogen-bond acceptors (Lipinski definition) is 5. The minimum absolute atomic E-state index is 0.00887. The van der Waals surface area contributed by atoms with Gasteiger partial charge in [-0.25, -0.2) is 0 Å².